The van der Waals surface area contributed by atoms with Gasteiger partial charge in [-0.25, -0.2) is 4.98 Å². The predicted octanol–water partition coefficient (Wildman–Crippen LogP) is 3.23. The maximum atomic E-state index is 5.53. The largest absolute Gasteiger partial charge is 0.383 e. The smallest absolute Gasteiger partial charge is 0.205 e. The molecule has 2 heterocycles. The van der Waals surface area contributed by atoms with Crippen LogP contribution in [0.4, 0.5) is 10.9 Å². The number of hydrazone groups is 1. The van der Waals surface area contributed by atoms with Crippen molar-refractivity contribution in [3.63, 3.8) is 0 Å². The average molecular weight is 295 g/mol. The van der Waals surface area contributed by atoms with Crippen molar-refractivity contribution in [2.24, 2.45) is 5.10 Å². The van der Waals surface area contributed by atoms with E-state index in [-0.39, 0.29) is 0 Å². The average Bonchev–Trinajstić information content (AvgIpc) is 2.94. The number of aromatic nitrogens is 2. The lowest BCUT2D eigenvalue weighted by molar-refractivity contribution is 1.29. The van der Waals surface area contributed by atoms with E-state index in [0.717, 1.165) is 16.8 Å². The lowest BCUT2D eigenvalue weighted by Crippen LogP contribution is -1.91. The Labute approximate surface area is 126 Å². The molecule has 0 bridgehead atoms. The second kappa shape index (κ2) is 6.15. The SMILES string of the molecule is Nc1csc(NN=Cc2ccc(-c3ccccn3)cc2)n1. The lowest BCUT2D eigenvalue weighted by atomic mass is 10.1. The van der Waals surface area contributed by atoms with Crippen LogP contribution in [0.3, 0.4) is 0 Å². The highest BCUT2D eigenvalue weighted by molar-refractivity contribution is 7.14. The molecule has 21 heavy (non-hydrogen) atoms. The van der Waals surface area contributed by atoms with Gasteiger partial charge in [0.2, 0.25) is 5.13 Å². The molecule has 0 aliphatic carbocycles. The summed E-state index contributed by atoms with van der Waals surface area (Å²) >= 11 is 1.42. The zero-order valence-corrected chi connectivity index (χ0v) is 11.9. The van der Waals surface area contributed by atoms with Crippen molar-refractivity contribution in [2.75, 3.05) is 11.2 Å². The number of nitrogens with zero attached hydrogens (tertiary/aromatic N) is 3. The molecule has 0 saturated heterocycles. The number of rotatable bonds is 4. The Hall–Kier alpha value is -2.73. The van der Waals surface area contributed by atoms with Crippen molar-refractivity contribution in [1.82, 2.24) is 9.97 Å². The normalized spacial score (nSPS) is 10.9. The first kappa shape index (κ1) is 13.3. The van der Waals surface area contributed by atoms with Crippen molar-refractivity contribution in [3.05, 3.63) is 59.6 Å². The van der Waals surface area contributed by atoms with Gasteiger partial charge < -0.3 is 5.73 Å². The van der Waals surface area contributed by atoms with Crippen LogP contribution in [0.15, 0.2) is 59.1 Å². The van der Waals surface area contributed by atoms with Crippen molar-refractivity contribution in [3.8, 4) is 11.3 Å². The quantitative estimate of drug-likeness (QED) is 0.572. The maximum Gasteiger partial charge on any atom is 0.205 e. The Kier molecular flexibility index (Phi) is 3.88. The maximum absolute atomic E-state index is 5.53. The second-order valence-electron chi connectivity index (χ2n) is 4.28. The van der Waals surface area contributed by atoms with Gasteiger partial charge in [0.1, 0.15) is 5.82 Å². The molecular weight excluding hydrogens is 282 g/mol. The Bertz CT molecular complexity index is 734. The van der Waals surface area contributed by atoms with E-state index in [4.69, 9.17) is 5.73 Å². The van der Waals surface area contributed by atoms with E-state index in [2.05, 4.69) is 20.5 Å². The molecule has 0 spiro atoms. The molecule has 0 unspecified atom stereocenters. The Morgan fingerprint density at radius 1 is 1.14 bits per heavy atom. The molecular formula is C15H13N5S. The molecule has 104 valence electrons. The standard InChI is InChI=1S/C15H13N5S/c16-14-10-21-15(19-14)20-18-9-11-4-6-12(7-5-11)13-3-1-2-8-17-13/h1-10H,16H2,(H,19,20). The fourth-order valence-electron chi connectivity index (χ4n) is 1.77. The minimum atomic E-state index is 0.498. The molecule has 0 radical (unpaired) electrons. The minimum Gasteiger partial charge on any atom is -0.383 e. The van der Waals surface area contributed by atoms with E-state index >= 15 is 0 Å². The summed E-state index contributed by atoms with van der Waals surface area (Å²) in [5, 5.41) is 6.57. The van der Waals surface area contributed by atoms with Gasteiger partial charge in [0.15, 0.2) is 0 Å². The fraction of sp³-hybridized carbons (Fsp3) is 0. The highest BCUT2D eigenvalue weighted by atomic mass is 32.1. The van der Waals surface area contributed by atoms with Crippen LogP contribution in [0.5, 0.6) is 0 Å². The molecule has 0 saturated carbocycles. The molecule has 0 aliphatic rings. The van der Waals surface area contributed by atoms with Gasteiger partial charge in [-0.3, -0.25) is 10.4 Å². The van der Waals surface area contributed by atoms with Gasteiger partial charge in [-0.15, -0.1) is 11.3 Å². The Morgan fingerprint density at radius 3 is 2.67 bits per heavy atom. The Balaban J connectivity index is 1.67. The van der Waals surface area contributed by atoms with E-state index in [1.807, 2.05) is 42.5 Å². The summed E-state index contributed by atoms with van der Waals surface area (Å²) in [4.78, 5) is 8.38. The zero-order chi connectivity index (χ0) is 14.5. The van der Waals surface area contributed by atoms with Gasteiger partial charge >= 0.3 is 0 Å². The van der Waals surface area contributed by atoms with E-state index in [0.29, 0.717) is 10.9 Å². The van der Waals surface area contributed by atoms with Crippen LogP contribution in [-0.4, -0.2) is 16.2 Å². The van der Waals surface area contributed by atoms with E-state index in [1.165, 1.54) is 11.3 Å². The molecule has 0 atom stereocenters. The lowest BCUT2D eigenvalue weighted by Gasteiger charge is -2.00. The first-order chi connectivity index (χ1) is 10.3. The van der Waals surface area contributed by atoms with Crippen molar-refractivity contribution >= 4 is 28.5 Å². The zero-order valence-electron chi connectivity index (χ0n) is 11.1. The van der Waals surface area contributed by atoms with E-state index in [1.54, 1.807) is 17.8 Å². The summed E-state index contributed by atoms with van der Waals surface area (Å²) in [5.74, 6) is 0.498. The fourth-order valence-corrected chi connectivity index (χ4v) is 2.32. The third-order valence-electron chi connectivity index (χ3n) is 2.77. The second-order valence-corrected chi connectivity index (χ2v) is 5.14. The van der Waals surface area contributed by atoms with Crippen molar-refractivity contribution in [2.45, 2.75) is 0 Å². The summed E-state index contributed by atoms with van der Waals surface area (Å²) in [6, 6.07) is 13.9. The minimum absolute atomic E-state index is 0.498. The van der Waals surface area contributed by atoms with E-state index < -0.39 is 0 Å². The van der Waals surface area contributed by atoms with Crippen LogP contribution >= 0.6 is 11.3 Å². The number of nitrogens with two attached hydrogens (primary N) is 1. The number of hydrogen-bond donors (Lipinski definition) is 2. The van der Waals surface area contributed by atoms with Crippen molar-refractivity contribution in [1.29, 1.82) is 0 Å². The van der Waals surface area contributed by atoms with Crippen LogP contribution < -0.4 is 11.2 Å². The van der Waals surface area contributed by atoms with Crippen LogP contribution in [0.2, 0.25) is 0 Å². The number of pyridine rings is 1. The molecule has 3 rings (SSSR count). The number of benzene rings is 1. The van der Waals surface area contributed by atoms with Crippen molar-refractivity contribution < 1.29 is 0 Å². The molecule has 3 aromatic rings. The molecule has 0 fully saturated rings. The number of hydrogen-bond acceptors (Lipinski definition) is 6. The van der Waals surface area contributed by atoms with Gasteiger partial charge in [-0.05, 0) is 17.7 Å². The van der Waals surface area contributed by atoms with Gasteiger partial charge in [-0.2, -0.15) is 5.10 Å². The first-order valence-corrected chi connectivity index (χ1v) is 7.21. The van der Waals surface area contributed by atoms with Crippen LogP contribution in [0.1, 0.15) is 5.56 Å². The third-order valence-corrected chi connectivity index (χ3v) is 3.53. The number of nitrogen functional groups attached to an aromatic ring is 1. The number of anilines is 2. The first-order valence-electron chi connectivity index (χ1n) is 6.33. The highest BCUT2D eigenvalue weighted by Crippen LogP contribution is 2.17. The van der Waals surface area contributed by atoms with Crippen LogP contribution in [0.25, 0.3) is 11.3 Å². The molecule has 0 aliphatic heterocycles. The van der Waals surface area contributed by atoms with Crippen LogP contribution in [-0.2, 0) is 0 Å². The van der Waals surface area contributed by atoms with E-state index in [9.17, 15) is 0 Å². The predicted molar refractivity (Wildman–Crippen MR) is 87.4 cm³/mol. The number of nitrogens with one attached hydrogen (secondary N) is 1. The Morgan fingerprint density at radius 2 is 2.00 bits per heavy atom. The summed E-state index contributed by atoms with van der Waals surface area (Å²) in [6.45, 7) is 0. The summed E-state index contributed by atoms with van der Waals surface area (Å²) in [6.07, 6.45) is 3.52. The number of thiazole rings is 1. The van der Waals surface area contributed by atoms with Gasteiger partial charge in [-0.1, -0.05) is 30.3 Å². The molecule has 6 heteroatoms. The van der Waals surface area contributed by atoms with Gasteiger partial charge in [0.05, 0.1) is 11.9 Å². The monoisotopic (exact) mass is 295 g/mol. The topological polar surface area (TPSA) is 76.2 Å². The summed E-state index contributed by atoms with van der Waals surface area (Å²) < 4.78 is 0. The molecule has 1 aromatic carbocycles. The van der Waals surface area contributed by atoms with Gasteiger partial charge in [0, 0.05) is 17.1 Å². The summed E-state index contributed by atoms with van der Waals surface area (Å²) in [5.41, 5.74) is 11.4. The molecule has 0 amide bonds. The molecule has 5 nitrogen and oxygen atoms in total. The highest BCUT2D eigenvalue weighted by Gasteiger charge is 1.98. The van der Waals surface area contributed by atoms with Gasteiger partial charge in [0.25, 0.3) is 0 Å². The van der Waals surface area contributed by atoms with Crippen LogP contribution in [0, 0.1) is 0 Å². The summed E-state index contributed by atoms with van der Waals surface area (Å²) in [7, 11) is 0. The molecule has 2 aromatic heterocycles. The molecule has 3 N–H and O–H groups in total. The third kappa shape index (κ3) is 3.43.